The number of aromatic nitrogens is 2. The molecule has 13 heavy (non-hydrogen) atoms. The van der Waals surface area contributed by atoms with Crippen LogP contribution in [0.15, 0.2) is 6.20 Å². The van der Waals surface area contributed by atoms with E-state index >= 15 is 0 Å². The molecular formula is C8H13N3OS. The molecule has 0 unspecified atom stereocenters. The molecule has 0 saturated heterocycles. The zero-order valence-corrected chi connectivity index (χ0v) is 8.81. The van der Waals surface area contributed by atoms with Crippen molar-refractivity contribution in [2.75, 3.05) is 14.1 Å². The van der Waals surface area contributed by atoms with E-state index in [0.717, 1.165) is 5.69 Å². The summed E-state index contributed by atoms with van der Waals surface area (Å²) in [6.07, 6.45) is 1.84. The molecule has 0 radical (unpaired) electrons. The fourth-order valence-corrected chi connectivity index (χ4v) is 1.25. The zero-order chi connectivity index (χ0) is 10.0. The SMILES string of the molecule is Cc1cn(CC(=O)N(C)C)c(=S)[nH]1. The van der Waals surface area contributed by atoms with Gasteiger partial charge in [0.1, 0.15) is 6.54 Å². The van der Waals surface area contributed by atoms with Gasteiger partial charge in [-0.1, -0.05) is 0 Å². The van der Waals surface area contributed by atoms with E-state index in [1.54, 1.807) is 23.6 Å². The number of amides is 1. The summed E-state index contributed by atoms with van der Waals surface area (Å²) in [5.74, 6) is 0.0371. The molecule has 0 spiro atoms. The zero-order valence-electron chi connectivity index (χ0n) is 8.00. The molecule has 0 aromatic carbocycles. The molecule has 72 valence electrons. The number of imidazole rings is 1. The molecule has 4 nitrogen and oxygen atoms in total. The standard InChI is InChI=1S/C8H13N3OS/c1-6-4-11(8(13)9-6)5-7(12)10(2)3/h4H,5H2,1-3H3,(H,9,13). The Kier molecular flexibility index (Phi) is 2.87. The Morgan fingerprint density at radius 1 is 1.69 bits per heavy atom. The van der Waals surface area contributed by atoms with Crippen molar-refractivity contribution in [2.24, 2.45) is 0 Å². The van der Waals surface area contributed by atoms with Gasteiger partial charge in [-0.15, -0.1) is 0 Å². The summed E-state index contributed by atoms with van der Waals surface area (Å²) < 4.78 is 2.32. The number of nitrogens with zero attached hydrogens (tertiary/aromatic N) is 2. The Balaban J connectivity index is 2.80. The van der Waals surface area contributed by atoms with Crippen LogP contribution >= 0.6 is 12.2 Å². The van der Waals surface area contributed by atoms with Crippen molar-refractivity contribution < 1.29 is 4.79 Å². The maximum Gasteiger partial charge on any atom is 0.242 e. The van der Waals surface area contributed by atoms with Gasteiger partial charge >= 0.3 is 0 Å². The van der Waals surface area contributed by atoms with Crippen LogP contribution in [-0.4, -0.2) is 34.5 Å². The van der Waals surface area contributed by atoms with Crippen LogP contribution in [0.1, 0.15) is 5.69 Å². The second-order valence-electron chi connectivity index (χ2n) is 3.16. The average molecular weight is 199 g/mol. The molecule has 1 amide bonds. The monoisotopic (exact) mass is 199 g/mol. The Labute approximate surface area is 82.2 Å². The number of rotatable bonds is 2. The third kappa shape index (κ3) is 2.42. The lowest BCUT2D eigenvalue weighted by molar-refractivity contribution is -0.129. The van der Waals surface area contributed by atoms with Gasteiger partial charge < -0.3 is 14.5 Å². The molecule has 1 aromatic heterocycles. The summed E-state index contributed by atoms with van der Waals surface area (Å²) in [7, 11) is 3.46. The first-order valence-electron chi connectivity index (χ1n) is 3.97. The van der Waals surface area contributed by atoms with Crippen molar-refractivity contribution >= 4 is 18.1 Å². The first kappa shape index (κ1) is 9.98. The van der Waals surface area contributed by atoms with Crippen LogP contribution in [0.3, 0.4) is 0 Å². The number of likely N-dealkylation sites (N-methyl/N-ethyl adjacent to an activating group) is 1. The third-order valence-electron chi connectivity index (χ3n) is 1.72. The third-order valence-corrected chi connectivity index (χ3v) is 2.06. The Hall–Kier alpha value is -1.10. The summed E-state index contributed by atoms with van der Waals surface area (Å²) >= 11 is 5.01. The van der Waals surface area contributed by atoms with Crippen molar-refractivity contribution in [3.63, 3.8) is 0 Å². The molecule has 1 aromatic rings. The van der Waals surface area contributed by atoms with Crippen LogP contribution in [0.5, 0.6) is 0 Å². The van der Waals surface area contributed by atoms with Gasteiger partial charge in [0, 0.05) is 26.0 Å². The number of carbonyl (C=O) groups excluding carboxylic acids is 1. The Morgan fingerprint density at radius 3 is 2.69 bits per heavy atom. The van der Waals surface area contributed by atoms with E-state index in [-0.39, 0.29) is 5.91 Å². The lowest BCUT2D eigenvalue weighted by Gasteiger charge is -2.09. The molecule has 0 atom stereocenters. The molecule has 1 heterocycles. The molecule has 0 saturated carbocycles. The van der Waals surface area contributed by atoms with Crippen LogP contribution in [0.4, 0.5) is 0 Å². The lowest BCUT2D eigenvalue weighted by Crippen LogP contribution is -2.26. The fraction of sp³-hybridized carbons (Fsp3) is 0.500. The second kappa shape index (κ2) is 3.74. The normalized spacial score (nSPS) is 10.1. The largest absolute Gasteiger partial charge is 0.347 e. The van der Waals surface area contributed by atoms with E-state index in [2.05, 4.69) is 4.98 Å². The summed E-state index contributed by atoms with van der Waals surface area (Å²) in [4.78, 5) is 15.8. The highest BCUT2D eigenvalue weighted by Gasteiger charge is 2.05. The predicted molar refractivity (Wildman–Crippen MR) is 53.0 cm³/mol. The van der Waals surface area contributed by atoms with Crippen molar-refractivity contribution in [3.8, 4) is 0 Å². The summed E-state index contributed by atoms with van der Waals surface area (Å²) in [5, 5.41) is 0. The van der Waals surface area contributed by atoms with E-state index in [4.69, 9.17) is 12.2 Å². The van der Waals surface area contributed by atoms with Gasteiger partial charge in [-0.3, -0.25) is 4.79 Å². The Bertz CT molecular complexity index is 364. The molecule has 5 heteroatoms. The molecule has 0 bridgehead atoms. The van der Waals surface area contributed by atoms with Gasteiger partial charge in [-0.2, -0.15) is 0 Å². The number of aromatic amines is 1. The number of H-pyrrole nitrogens is 1. The van der Waals surface area contributed by atoms with E-state index in [0.29, 0.717) is 11.3 Å². The molecule has 1 rings (SSSR count). The van der Waals surface area contributed by atoms with Crippen molar-refractivity contribution in [1.82, 2.24) is 14.5 Å². The minimum absolute atomic E-state index is 0.0371. The average Bonchev–Trinajstić information content (AvgIpc) is 2.30. The number of aryl methyl sites for hydroxylation is 1. The van der Waals surface area contributed by atoms with Crippen molar-refractivity contribution in [1.29, 1.82) is 0 Å². The summed E-state index contributed by atoms with van der Waals surface area (Å²) in [6.45, 7) is 2.21. The maximum absolute atomic E-state index is 11.3. The van der Waals surface area contributed by atoms with Gasteiger partial charge in [-0.25, -0.2) is 0 Å². The first-order chi connectivity index (χ1) is 6.00. The number of hydrogen-bond acceptors (Lipinski definition) is 2. The topological polar surface area (TPSA) is 41.0 Å². The van der Waals surface area contributed by atoms with Crippen LogP contribution < -0.4 is 0 Å². The van der Waals surface area contributed by atoms with Crippen molar-refractivity contribution in [3.05, 3.63) is 16.7 Å². The maximum atomic E-state index is 11.3. The highest BCUT2D eigenvalue weighted by Crippen LogP contribution is 1.97. The molecule has 0 fully saturated rings. The molecule has 0 aliphatic rings. The highest BCUT2D eigenvalue weighted by atomic mass is 32.1. The fourth-order valence-electron chi connectivity index (χ4n) is 0.970. The predicted octanol–water partition coefficient (Wildman–Crippen LogP) is 0.942. The summed E-state index contributed by atoms with van der Waals surface area (Å²) in [6, 6.07) is 0. The summed E-state index contributed by atoms with van der Waals surface area (Å²) in [5.41, 5.74) is 0.969. The molecular weight excluding hydrogens is 186 g/mol. The number of hydrogen-bond donors (Lipinski definition) is 1. The highest BCUT2D eigenvalue weighted by molar-refractivity contribution is 7.71. The number of carbonyl (C=O) groups is 1. The number of nitrogens with one attached hydrogen (secondary N) is 1. The van der Waals surface area contributed by atoms with Crippen LogP contribution in [0, 0.1) is 11.7 Å². The van der Waals surface area contributed by atoms with Crippen LogP contribution in [-0.2, 0) is 11.3 Å². The van der Waals surface area contributed by atoms with Crippen molar-refractivity contribution in [2.45, 2.75) is 13.5 Å². The van der Waals surface area contributed by atoms with E-state index in [1.807, 2.05) is 13.1 Å². The van der Waals surface area contributed by atoms with Gasteiger partial charge in [0.05, 0.1) is 0 Å². The quantitative estimate of drug-likeness (QED) is 0.720. The molecule has 0 aliphatic heterocycles. The van der Waals surface area contributed by atoms with E-state index < -0.39 is 0 Å². The second-order valence-corrected chi connectivity index (χ2v) is 3.55. The lowest BCUT2D eigenvalue weighted by atomic mass is 10.5. The molecule has 1 N–H and O–H groups in total. The van der Waals surface area contributed by atoms with E-state index in [9.17, 15) is 4.79 Å². The van der Waals surface area contributed by atoms with Gasteiger partial charge in [0.2, 0.25) is 5.91 Å². The first-order valence-corrected chi connectivity index (χ1v) is 4.37. The van der Waals surface area contributed by atoms with Crippen LogP contribution in [0.25, 0.3) is 0 Å². The van der Waals surface area contributed by atoms with Gasteiger partial charge in [0.25, 0.3) is 0 Å². The minimum atomic E-state index is 0.0371. The van der Waals surface area contributed by atoms with Crippen LogP contribution in [0.2, 0.25) is 0 Å². The van der Waals surface area contributed by atoms with E-state index in [1.165, 1.54) is 0 Å². The Morgan fingerprint density at radius 2 is 2.31 bits per heavy atom. The smallest absolute Gasteiger partial charge is 0.242 e. The van der Waals surface area contributed by atoms with Gasteiger partial charge in [0.15, 0.2) is 4.77 Å². The minimum Gasteiger partial charge on any atom is -0.347 e. The van der Waals surface area contributed by atoms with Gasteiger partial charge in [-0.05, 0) is 19.1 Å². The molecule has 0 aliphatic carbocycles.